The summed E-state index contributed by atoms with van der Waals surface area (Å²) < 4.78 is 27.1. The minimum absolute atomic E-state index is 0. The topological polar surface area (TPSA) is 92.5 Å². The quantitative estimate of drug-likeness (QED) is 0.769. The summed E-state index contributed by atoms with van der Waals surface area (Å²) in [5, 5.41) is 2.80. The Hall–Kier alpha value is -2.09. The number of rotatable bonds is 5. The van der Waals surface area contributed by atoms with E-state index in [1.807, 2.05) is 6.07 Å². The zero-order chi connectivity index (χ0) is 19.5. The number of carbonyl (C=O) groups excluding carboxylic acids is 1. The van der Waals surface area contributed by atoms with Gasteiger partial charge >= 0.3 is 0 Å². The Morgan fingerprint density at radius 1 is 1.04 bits per heavy atom. The molecule has 28 heavy (non-hydrogen) atoms. The molecule has 0 heterocycles. The molecule has 0 radical (unpaired) electrons. The lowest BCUT2D eigenvalue weighted by atomic mass is 9.82. The molecule has 1 fully saturated rings. The van der Waals surface area contributed by atoms with E-state index in [2.05, 4.69) is 5.32 Å². The van der Waals surface area contributed by atoms with Gasteiger partial charge in [-0.2, -0.15) is 0 Å². The maximum absolute atomic E-state index is 12.9. The molecule has 2 aromatic rings. The molecule has 0 unspecified atom stereocenters. The smallest absolute Gasteiger partial charge is 0.264 e. The summed E-state index contributed by atoms with van der Waals surface area (Å²) in [7, 11) is -2.23. The van der Waals surface area contributed by atoms with E-state index < -0.39 is 15.6 Å². The first-order valence-corrected chi connectivity index (χ1v) is 10.5. The molecule has 0 aromatic heterocycles. The Bertz CT molecular complexity index is 913. The van der Waals surface area contributed by atoms with Crippen molar-refractivity contribution >= 4 is 39.7 Å². The predicted octanol–water partition coefficient (Wildman–Crippen LogP) is 3.53. The van der Waals surface area contributed by atoms with Gasteiger partial charge in [0.05, 0.1) is 16.1 Å². The minimum atomic E-state index is -3.74. The van der Waals surface area contributed by atoms with Crippen LogP contribution in [-0.4, -0.2) is 26.9 Å². The highest BCUT2D eigenvalue weighted by atomic mass is 35.5. The van der Waals surface area contributed by atoms with Crippen LogP contribution in [0.15, 0.2) is 59.5 Å². The molecular formula is C20H26ClN3O3S. The highest BCUT2D eigenvalue weighted by molar-refractivity contribution is 7.92. The first kappa shape index (κ1) is 22.2. The van der Waals surface area contributed by atoms with Gasteiger partial charge in [0.2, 0.25) is 5.91 Å². The fourth-order valence-corrected chi connectivity index (χ4v) is 4.58. The second-order valence-corrected chi connectivity index (χ2v) is 8.98. The van der Waals surface area contributed by atoms with Crippen molar-refractivity contribution in [2.24, 2.45) is 5.73 Å². The van der Waals surface area contributed by atoms with Gasteiger partial charge in [-0.25, -0.2) is 8.42 Å². The monoisotopic (exact) mass is 423 g/mol. The summed E-state index contributed by atoms with van der Waals surface area (Å²) >= 11 is 0. The highest BCUT2D eigenvalue weighted by Gasteiger charge is 2.35. The number of hydrogen-bond acceptors (Lipinski definition) is 4. The average molecular weight is 424 g/mol. The maximum atomic E-state index is 12.9. The second kappa shape index (κ2) is 8.94. The molecule has 0 spiro atoms. The molecule has 0 atom stereocenters. The third-order valence-electron chi connectivity index (χ3n) is 5.07. The first-order chi connectivity index (χ1) is 12.8. The molecule has 2 aromatic carbocycles. The standard InChI is InChI=1S/C20H25N3O3S.ClH/c1-23(17-10-4-2-5-11-17)27(25,26)18-12-8-9-16(15-18)22-19(24)20(21)13-6-3-7-14-20;/h2,4-5,8-12,15H,3,6-7,13-14,21H2,1H3,(H,22,24);1H. The molecular weight excluding hydrogens is 398 g/mol. The van der Waals surface area contributed by atoms with E-state index in [1.54, 1.807) is 36.4 Å². The van der Waals surface area contributed by atoms with Crippen molar-refractivity contribution in [3.8, 4) is 0 Å². The normalized spacial score (nSPS) is 15.9. The van der Waals surface area contributed by atoms with E-state index in [1.165, 1.54) is 23.5 Å². The zero-order valence-corrected chi connectivity index (χ0v) is 17.4. The fourth-order valence-electron chi connectivity index (χ4n) is 3.33. The van der Waals surface area contributed by atoms with Crippen LogP contribution in [0.3, 0.4) is 0 Å². The van der Waals surface area contributed by atoms with Crippen molar-refractivity contribution in [3.63, 3.8) is 0 Å². The summed E-state index contributed by atoms with van der Waals surface area (Å²) in [6.45, 7) is 0. The van der Waals surface area contributed by atoms with Crippen LogP contribution in [0.2, 0.25) is 0 Å². The number of halogens is 1. The van der Waals surface area contributed by atoms with Crippen molar-refractivity contribution in [1.82, 2.24) is 0 Å². The molecule has 1 aliphatic rings. The SMILES string of the molecule is CN(c1ccccc1)S(=O)(=O)c1cccc(NC(=O)C2(N)CCCCC2)c1.Cl. The van der Waals surface area contributed by atoms with Crippen molar-refractivity contribution in [3.05, 3.63) is 54.6 Å². The van der Waals surface area contributed by atoms with Crippen molar-refractivity contribution in [2.75, 3.05) is 16.7 Å². The summed E-state index contributed by atoms with van der Waals surface area (Å²) in [6.07, 6.45) is 4.24. The first-order valence-electron chi connectivity index (χ1n) is 9.07. The Morgan fingerprint density at radius 2 is 1.68 bits per heavy atom. The van der Waals surface area contributed by atoms with E-state index in [9.17, 15) is 13.2 Å². The number of nitrogens with two attached hydrogens (primary N) is 1. The summed E-state index contributed by atoms with van der Waals surface area (Å²) in [6, 6.07) is 15.1. The van der Waals surface area contributed by atoms with Crippen LogP contribution in [0, 0.1) is 0 Å². The molecule has 6 nitrogen and oxygen atoms in total. The number of anilines is 2. The molecule has 1 aliphatic carbocycles. The van der Waals surface area contributed by atoms with Crippen LogP contribution in [-0.2, 0) is 14.8 Å². The van der Waals surface area contributed by atoms with Crippen molar-refractivity contribution in [1.29, 1.82) is 0 Å². The number of benzene rings is 2. The van der Waals surface area contributed by atoms with E-state index in [-0.39, 0.29) is 23.2 Å². The van der Waals surface area contributed by atoms with Crippen LogP contribution in [0.25, 0.3) is 0 Å². The van der Waals surface area contributed by atoms with Gasteiger partial charge < -0.3 is 11.1 Å². The third kappa shape index (κ3) is 4.66. The fraction of sp³-hybridized carbons (Fsp3) is 0.350. The molecule has 1 saturated carbocycles. The van der Waals surface area contributed by atoms with Gasteiger partial charge in [0, 0.05) is 12.7 Å². The Kier molecular flexibility index (Phi) is 7.09. The van der Waals surface area contributed by atoms with E-state index in [4.69, 9.17) is 5.73 Å². The van der Waals surface area contributed by atoms with Gasteiger partial charge in [0.15, 0.2) is 0 Å². The summed E-state index contributed by atoms with van der Waals surface area (Å²) in [4.78, 5) is 12.7. The number of hydrogen-bond donors (Lipinski definition) is 2. The van der Waals surface area contributed by atoms with Gasteiger partial charge in [0.25, 0.3) is 10.0 Å². The predicted molar refractivity (Wildman–Crippen MR) is 114 cm³/mol. The highest BCUT2D eigenvalue weighted by Crippen LogP contribution is 2.28. The molecule has 8 heteroatoms. The van der Waals surface area contributed by atoms with Gasteiger partial charge in [-0.1, -0.05) is 43.5 Å². The van der Waals surface area contributed by atoms with Crippen LogP contribution in [0.1, 0.15) is 32.1 Å². The molecule has 0 aliphatic heterocycles. The average Bonchev–Trinajstić information content (AvgIpc) is 2.69. The lowest BCUT2D eigenvalue weighted by Gasteiger charge is -2.31. The number of amides is 1. The van der Waals surface area contributed by atoms with Gasteiger partial charge in [-0.05, 0) is 43.2 Å². The number of para-hydroxylation sites is 1. The van der Waals surface area contributed by atoms with Crippen LogP contribution < -0.4 is 15.4 Å². The van der Waals surface area contributed by atoms with Gasteiger partial charge in [0.1, 0.15) is 0 Å². The number of carbonyl (C=O) groups is 1. The largest absolute Gasteiger partial charge is 0.324 e. The Labute approximate surface area is 172 Å². The van der Waals surface area contributed by atoms with Crippen molar-refractivity contribution < 1.29 is 13.2 Å². The molecule has 152 valence electrons. The second-order valence-electron chi connectivity index (χ2n) is 7.01. The lowest BCUT2D eigenvalue weighted by Crippen LogP contribution is -2.52. The zero-order valence-electron chi connectivity index (χ0n) is 15.8. The number of sulfonamides is 1. The molecule has 3 N–H and O–H groups in total. The van der Waals surface area contributed by atoms with Crippen LogP contribution in [0.5, 0.6) is 0 Å². The maximum Gasteiger partial charge on any atom is 0.264 e. The minimum Gasteiger partial charge on any atom is -0.324 e. The Balaban J connectivity index is 0.00000280. The van der Waals surface area contributed by atoms with Gasteiger partial charge in [-0.15, -0.1) is 12.4 Å². The molecule has 0 bridgehead atoms. The Morgan fingerprint density at radius 3 is 2.32 bits per heavy atom. The van der Waals surface area contributed by atoms with Crippen LogP contribution >= 0.6 is 12.4 Å². The lowest BCUT2D eigenvalue weighted by molar-refractivity contribution is -0.122. The summed E-state index contributed by atoms with van der Waals surface area (Å²) in [5.74, 6) is -0.256. The van der Waals surface area contributed by atoms with E-state index in [0.717, 1.165) is 19.3 Å². The molecule has 0 saturated heterocycles. The molecule has 3 rings (SSSR count). The molecule has 1 amide bonds. The van der Waals surface area contributed by atoms with E-state index in [0.29, 0.717) is 24.2 Å². The van der Waals surface area contributed by atoms with Crippen molar-refractivity contribution in [2.45, 2.75) is 42.5 Å². The summed E-state index contributed by atoms with van der Waals surface area (Å²) in [5.41, 5.74) is 6.37. The number of nitrogens with one attached hydrogen (secondary N) is 1. The van der Waals surface area contributed by atoms with E-state index >= 15 is 0 Å². The third-order valence-corrected chi connectivity index (χ3v) is 6.85. The number of nitrogens with zero attached hydrogens (tertiary/aromatic N) is 1. The van der Waals surface area contributed by atoms with Gasteiger partial charge in [-0.3, -0.25) is 9.10 Å². The van der Waals surface area contributed by atoms with Crippen LogP contribution in [0.4, 0.5) is 11.4 Å².